The number of non-ortho nitro benzene ring substituents is 1. The highest BCUT2D eigenvalue weighted by Gasteiger charge is 2.38. The van der Waals surface area contributed by atoms with Crippen LogP contribution in [0.25, 0.3) is 0 Å². The molecule has 33 heavy (non-hydrogen) atoms. The fourth-order valence-electron chi connectivity index (χ4n) is 2.86. The Labute approximate surface area is 192 Å². The van der Waals surface area contributed by atoms with Gasteiger partial charge in [0.1, 0.15) is 5.75 Å². The van der Waals surface area contributed by atoms with Gasteiger partial charge in [0.15, 0.2) is 11.6 Å². The van der Waals surface area contributed by atoms with Gasteiger partial charge in [-0.25, -0.2) is 28.3 Å². The van der Waals surface area contributed by atoms with Crippen LogP contribution in [-0.4, -0.2) is 39.5 Å². The number of carbonyl (C=O) groups is 3. The second kappa shape index (κ2) is 10.1. The minimum atomic E-state index is -1.30. The molecule has 0 spiro atoms. The molecule has 1 aliphatic heterocycles. The Morgan fingerprint density at radius 3 is 2.45 bits per heavy atom. The molecule has 1 heterocycles. The molecule has 1 atom stereocenters. The zero-order chi connectivity index (χ0) is 24.1. The normalized spacial score (nSPS) is 15.2. The average Bonchev–Trinajstić information content (AvgIpc) is 2.80. The number of amidine groups is 1. The van der Waals surface area contributed by atoms with Gasteiger partial charge in [-0.05, 0) is 35.9 Å². The van der Waals surface area contributed by atoms with Crippen LogP contribution in [0.4, 0.5) is 19.3 Å². The molecule has 2 aromatic carbocycles. The summed E-state index contributed by atoms with van der Waals surface area (Å²) in [6.07, 6.45) is 0.181. The van der Waals surface area contributed by atoms with Crippen LogP contribution >= 0.6 is 15.9 Å². The third-order valence-electron chi connectivity index (χ3n) is 4.32. The van der Waals surface area contributed by atoms with E-state index in [0.717, 1.165) is 36.4 Å². The van der Waals surface area contributed by atoms with Crippen molar-refractivity contribution in [1.82, 2.24) is 4.90 Å². The molecule has 0 bridgehead atoms. The number of ether oxygens (including phenoxy) is 2. The molecule has 0 aliphatic carbocycles. The summed E-state index contributed by atoms with van der Waals surface area (Å²) >= 11 is 3.16. The first-order valence-corrected chi connectivity index (χ1v) is 10.1. The topological polar surface area (TPSA) is 128 Å². The lowest BCUT2D eigenvalue weighted by Gasteiger charge is -2.32. The van der Waals surface area contributed by atoms with Gasteiger partial charge in [-0.2, -0.15) is 0 Å². The van der Waals surface area contributed by atoms with E-state index in [-0.39, 0.29) is 34.5 Å². The van der Waals surface area contributed by atoms with E-state index in [1.54, 1.807) is 0 Å². The molecule has 1 unspecified atom stereocenters. The maximum Gasteiger partial charge on any atom is 0.422 e. The minimum Gasteiger partial charge on any atom is -0.410 e. The van der Waals surface area contributed by atoms with Crippen molar-refractivity contribution in [3.05, 3.63) is 81.5 Å². The van der Waals surface area contributed by atoms with Gasteiger partial charge in [0.2, 0.25) is 5.84 Å². The molecule has 0 aromatic heterocycles. The van der Waals surface area contributed by atoms with Crippen molar-refractivity contribution in [3.63, 3.8) is 0 Å². The predicted molar refractivity (Wildman–Crippen MR) is 112 cm³/mol. The van der Waals surface area contributed by atoms with Gasteiger partial charge in [0.05, 0.1) is 16.7 Å². The number of rotatable bonds is 6. The summed E-state index contributed by atoms with van der Waals surface area (Å²) in [6, 6.07) is 6.11. The maximum atomic E-state index is 13.9. The molecule has 0 saturated heterocycles. The standard InChI is InChI=1S/C20H12BrF2N3O7/c21-9-12-8-17(11-1-6-15(22)16(23)7-11)25(18(24-12)19(28)32-10-27)20(29)33-14-4-2-13(3-5-14)26(30)31/h1-8,10,17H,9H2. The Balaban J connectivity index is 2.04. The van der Waals surface area contributed by atoms with Gasteiger partial charge in [0.25, 0.3) is 5.69 Å². The molecule has 2 aromatic rings. The third-order valence-corrected chi connectivity index (χ3v) is 4.89. The number of nitro benzene ring substituents is 1. The van der Waals surface area contributed by atoms with E-state index in [9.17, 15) is 33.3 Å². The monoisotopic (exact) mass is 523 g/mol. The summed E-state index contributed by atoms with van der Waals surface area (Å²) in [7, 11) is 0. The second-order valence-corrected chi connectivity index (χ2v) is 6.90. The molecular formula is C20H12BrF2N3O7. The van der Waals surface area contributed by atoms with Crippen molar-refractivity contribution in [2.45, 2.75) is 6.04 Å². The van der Waals surface area contributed by atoms with Crippen molar-refractivity contribution in [2.75, 3.05) is 5.33 Å². The van der Waals surface area contributed by atoms with Crippen LogP contribution in [0.2, 0.25) is 0 Å². The SMILES string of the molecule is O=COC(=O)C1=NC(CBr)=CC(c2ccc(F)c(F)c2)N1C(=O)Oc1ccc([N+](=O)[O-])cc1. The van der Waals surface area contributed by atoms with Crippen LogP contribution in [0.3, 0.4) is 0 Å². The number of nitrogens with zero attached hydrogens (tertiary/aromatic N) is 3. The van der Waals surface area contributed by atoms with Crippen LogP contribution < -0.4 is 4.74 Å². The van der Waals surface area contributed by atoms with E-state index in [2.05, 4.69) is 25.7 Å². The summed E-state index contributed by atoms with van der Waals surface area (Å²) < 4.78 is 36.9. The van der Waals surface area contributed by atoms with Crippen molar-refractivity contribution < 1.29 is 37.6 Å². The molecular weight excluding hydrogens is 512 g/mol. The number of benzene rings is 2. The molecule has 10 nitrogen and oxygen atoms in total. The van der Waals surface area contributed by atoms with Gasteiger partial charge in [-0.15, -0.1) is 0 Å². The molecule has 0 N–H and O–H groups in total. The smallest absolute Gasteiger partial charge is 0.410 e. The lowest BCUT2D eigenvalue weighted by molar-refractivity contribution is -0.384. The number of esters is 1. The second-order valence-electron chi connectivity index (χ2n) is 6.34. The summed E-state index contributed by atoms with van der Waals surface area (Å²) in [4.78, 5) is 50.9. The number of aliphatic imine (C=N–C) groups is 1. The highest BCUT2D eigenvalue weighted by molar-refractivity contribution is 9.09. The number of hydrogen-bond acceptors (Lipinski definition) is 8. The highest BCUT2D eigenvalue weighted by Crippen LogP contribution is 2.31. The maximum absolute atomic E-state index is 13.9. The number of allylic oxidation sites excluding steroid dienone is 1. The number of carbonyl (C=O) groups excluding carboxylic acids is 3. The van der Waals surface area contributed by atoms with Crippen molar-refractivity contribution in [1.29, 1.82) is 0 Å². The quantitative estimate of drug-likeness (QED) is 0.140. The lowest BCUT2D eigenvalue weighted by Crippen LogP contribution is -2.47. The van der Waals surface area contributed by atoms with Crippen molar-refractivity contribution >= 4 is 46.0 Å². The average molecular weight is 524 g/mol. The highest BCUT2D eigenvalue weighted by atomic mass is 79.9. The first-order chi connectivity index (χ1) is 15.7. The third kappa shape index (κ3) is 5.26. The summed E-state index contributed by atoms with van der Waals surface area (Å²) in [5.41, 5.74) is 0.0235. The predicted octanol–water partition coefficient (Wildman–Crippen LogP) is 3.81. The Bertz CT molecular complexity index is 1180. The molecule has 1 amide bonds. The molecule has 3 rings (SSSR count). The molecule has 0 fully saturated rings. The Kier molecular flexibility index (Phi) is 7.23. The molecule has 0 saturated carbocycles. The van der Waals surface area contributed by atoms with Crippen molar-refractivity contribution in [2.24, 2.45) is 4.99 Å². The zero-order valence-electron chi connectivity index (χ0n) is 16.3. The van der Waals surface area contributed by atoms with E-state index in [0.29, 0.717) is 4.90 Å². The Hall–Kier alpha value is -4.00. The van der Waals surface area contributed by atoms with Gasteiger partial charge in [-0.3, -0.25) is 14.9 Å². The van der Waals surface area contributed by atoms with E-state index in [4.69, 9.17) is 4.74 Å². The number of hydrogen-bond donors (Lipinski definition) is 0. The molecule has 13 heteroatoms. The van der Waals surface area contributed by atoms with Crippen LogP contribution in [0, 0.1) is 21.7 Å². The summed E-state index contributed by atoms with van der Waals surface area (Å²) in [5, 5.41) is 10.9. The largest absolute Gasteiger partial charge is 0.422 e. The number of amides is 1. The fourth-order valence-corrected chi connectivity index (χ4v) is 3.17. The van der Waals surface area contributed by atoms with Crippen LogP contribution in [-0.2, 0) is 14.3 Å². The Morgan fingerprint density at radius 2 is 1.88 bits per heavy atom. The van der Waals surface area contributed by atoms with Crippen LogP contribution in [0.5, 0.6) is 5.75 Å². The van der Waals surface area contributed by atoms with E-state index in [1.807, 2.05) is 0 Å². The number of halogens is 3. The number of nitro groups is 1. The van der Waals surface area contributed by atoms with Crippen LogP contribution in [0.1, 0.15) is 11.6 Å². The van der Waals surface area contributed by atoms with Crippen molar-refractivity contribution in [3.8, 4) is 5.75 Å². The van der Waals surface area contributed by atoms with Gasteiger partial charge >= 0.3 is 18.5 Å². The fraction of sp³-hybridized carbons (Fsp3) is 0.100. The first-order valence-electron chi connectivity index (χ1n) is 8.95. The Morgan fingerprint density at radius 1 is 1.18 bits per heavy atom. The van der Waals surface area contributed by atoms with E-state index in [1.165, 1.54) is 12.1 Å². The molecule has 1 aliphatic rings. The van der Waals surface area contributed by atoms with Gasteiger partial charge in [0, 0.05) is 17.5 Å². The lowest BCUT2D eigenvalue weighted by atomic mass is 10.0. The number of alkyl halides is 1. The zero-order valence-corrected chi connectivity index (χ0v) is 17.9. The first kappa shape index (κ1) is 23.7. The van der Waals surface area contributed by atoms with Gasteiger partial charge < -0.3 is 9.47 Å². The molecule has 0 radical (unpaired) electrons. The summed E-state index contributed by atoms with van der Waals surface area (Å²) in [6.45, 7) is -0.163. The van der Waals surface area contributed by atoms with E-state index < -0.39 is 40.5 Å². The van der Waals surface area contributed by atoms with Crippen LogP contribution in [0.15, 0.2) is 59.2 Å². The molecule has 170 valence electrons. The van der Waals surface area contributed by atoms with Gasteiger partial charge in [-0.1, -0.05) is 22.0 Å². The summed E-state index contributed by atoms with van der Waals surface area (Å²) in [5.74, 6) is -4.41. The van der Waals surface area contributed by atoms with E-state index >= 15 is 0 Å². The minimum absolute atomic E-state index is 0.0549.